The highest BCUT2D eigenvalue weighted by molar-refractivity contribution is 9.10. The monoisotopic (exact) mass is 461 g/mol. The third-order valence-electron chi connectivity index (χ3n) is 3.92. The molecule has 3 aromatic rings. The lowest BCUT2D eigenvalue weighted by Crippen LogP contribution is -2.09. The first-order chi connectivity index (χ1) is 13.8. The predicted octanol–water partition coefficient (Wildman–Crippen LogP) is 3.63. The maximum Gasteiger partial charge on any atom is 0.414 e. The molecule has 0 radical (unpaired) electrons. The number of carboxylic acids is 2. The van der Waals surface area contributed by atoms with Crippen LogP contribution in [0.3, 0.4) is 0 Å². The Morgan fingerprint density at radius 2 is 1.83 bits per heavy atom. The van der Waals surface area contributed by atoms with E-state index in [9.17, 15) is 0 Å². The lowest BCUT2D eigenvalue weighted by atomic mass is 10.2. The summed E-state index contributed by atoms with van der Waals surface area (Å²) in [6.07, 6.45) is 1.88. The fourth-order valence-electron chi connectivity index (χ4n) is 2.51. The van der Waals surface area contributed by atoms with E-state index in [0.29, 0.717) is 6.54 Å². The van der Waals surface area contributed by atoms with E-state index in [-0.39, 0.29) is 0 Å². The molecule has 3 N–H and O–H groups in total. The third-order valence-corrected chi connectivity index (χ3v) is 4.41. The second kappa shape index (κ2) is 10.3. The van der Waals surface area contributed by atoms with Crippen LogP contribution in [-0.4, -0.2) is 38.8 Å². The zero-order valence-electron chi connectivity index (χ0n) is 15.8. The maximum atomic E-state index is 9.10. The van der Waals surface area contributed by atoms with E-state index < -0.39 is 11.9 Å². The van der Waals surface area contributed by atoms with E-state index in [4.69, 9.17) is 24.5 Å². The number of benzene rings is 2. The second-order valence-corrected chi connectivity index (χ2v) is 6.73. The number of methoxy groups -OCH3 is 1. The van der Waals surface area contributed by atoms with Crippen LogP contribution >= 0.6 is 15.9 Å². The fraction of sp³-hybridized carbons (Fsp3) is 0.150. The van der Waals surface area contributed by atoms with Gasteiger partial charge in [0, 0.05) is 29.2 Å². The van der Waals surface area contributed by atoms with Gasteiger partial charge in [-0.05, 0) is 18.2 Å². The molecule has 0 bridgehead atoms. The lowest BCUT2D eigenvalue weighted by Gasteiger charge is -2.11. The van der Waals surface area contributed by atoms with E-state index >= 15 is 0 Å². The summed E-state index contributed by atoms with van der Waals surface area (Å²) >= 11 is 3.51. The standard InChI is InChI=1S/C18H18BrN3O.C2H2O4/c1-22-16(13-7-5-8-15(19)10-13)12-21-18(22)20-11-14-6-3-4-9-17(14)23-2;3-1(4)2(5)6/h3-10,12H,11H2,1-2H3,(H,20,21);(H,3,4)(H,5,6). The number of rotatable bonds is 5. The molecule has 0 atom stereocenters. The van der Waals surface area contributed by atoms with Crippen LogP contribution in [0.15, 0.2) is 59.2 Å². The Morgan fingerprint density at radius 1 is 1.14 bits per heavy atom. The van der Waals surface area contributed by atoms with Crippen molar-refractivity contribution in [1.82, 2.24) is 9.55 Å². The minimum Gasteiger partial charge on any atom is -0.496 e. The number of ether oxygens (including phenoxy) is 1. The van der Waals surface area contributed by atoms with E-state index in [1.807, 2.05) is 49.6 Å². The van der Waals surface area contributed by atoms with Crippen LogP contribution in [-0.2, 0) is 23.2 Å². The lowest BCUT2D eigenvalue weighted by molar-refractivity contribution is -0.159. The van der Waals surface area contributed by atoms with Crippen molar-refractivity contribution in [2.45, 2.75) is 6.54 Å². The summed E-state index contributed by atoms with van der Waals surface area (Å²) in [4.78, 5) is 22.7. The number of para-hydroxylation sites is 1. The molecule has 29 heavy (non-hydrogen) atoms. The number of nitrogens with zero attached hydrogens (tertiary/aromatic N) is 2. The molecule has 0 spiro atoms. The molecule has 0 unspecified atom stereocenters. The van der Waals surface area contributed by atoms with Gasteiger partial charge in [0.2, 0.25) is 5.95 Å². The molecule has 0 fully saturated rings. The first-order valence-electron chi connectivity index (χ1n) is 8.43. The van der Waals surface area contributed by atoms with Crippen LogP contribution in [0.1, 0.15) is 5.56 Å². The number of carboxylic acid groups (broad SMARTS) is 2. The summed E-state index contributed by atoms with van der Waals surface area (Å²) in [5.74, 6) is -1.95. The summed E-state index contributed by atoms with van der Waals surface area (Å²) in [6.45, 7) is 0.660. The van der Waals surface area contributed by atoms with Gasteiger partial charge in [0.15, 0.2) is 0 Å². The highest BCUT2D eigenvalue weighted by Gasteiger charge is 2.09. The Balaban J connectivity index is 0.000000438. The van der Waals surface area contributed by atoms with Crippen LogP contribution in [0.5, 0.6) is 5.75 Å². The normalized spacial score (nSPS) is 9.90. The minimum absolute atomic E-state index is 0.660. The molecule has 1 heterocycles. The Kier molecular flexibility index (Phi) is 7.79. The Labute approximate surface area is 175 Å². The number of carbonyl (C=O) groups is 2. The van der Waals surface area contributed by atoms with Gasteiger partial charge in [0.1, 0.15) is 5.75 Å². The molecule has 1 aromatic heterocycles. The topological polar surface area (TPSA) is 114 Å². The van der Waals surface area contributed by atoms with Crippen molar-refractivity contribution in [3.8, 4) is 17.0 Å². The van der Waals surface area contributed by atoms with Crippen LogP contribution < -0.4 is 10.1 Å². The first kappa shape index (κ1) is 22.0. The van der Waals surface area contributed by atoms with Crippen molar-refractivity contribution >= 4 is 33.8 Å². The average molecular weight is 462 g/mol. The van der Waals surface area contributed by atoms with Crippen LogP contribution in [0.2, 0.25) is 0 Å². The smallest absolute Gasteiger partial charge is 0.414 e. The van der Waals surface area contributed by atoms with E-state index in [1.54, 1.807) is 7.11 Å². The van der Waals surface area contributed by atoms with Gasteiger partial charge in [0.25, 0.3) is 0 Å². The molecule has 9 heteroatoms. The summed E-state index contributed by atoms with van der Waals surface area (Å²) in [6, 6.07) is 16.2. The van der Waals surface area contributed by atoms with Crippen LogP contribution in [0.4, 0.5) is 5.95 Å². The fourth-order valence-corrected chi connectivity index (χ4v) is 2.91. The molecule has 8 nitrogen and oxygen atoms in total. The number of hydrogen-bond acceptors (Lipinski definition) is 5. The Bertz CT molecular complexity index is 991. The summed E-state index contributed by atoms with van der Waals surface area (Å²) < 4.78 is 8.49. The second-order valence-electron chi connectivity index (χ2n) is 5.81. The van der Waals surface area contributed by atoms with Gasteiger partial charge >= 0.3 is 11.9 Å². The molecular formula is C20H20BrN3O5. The van der Waals surface area contributed by atoms with Crippen LogP contribution in [0, 0.1) is 0 Å². The molecule has 3 rings (SSSR count). The molecule has 0 aliphatic rings. The largest absolute Gasteiger partial charge is 0.496 e. The molecule has 0 aliphatic carbocycles. The van der Waals surface area contributed by atoms with Crippen molar-refractivity contribution in [2.24, 2.45) is 7.05 Å². The van der Waals surface area contributed by atoms with Gasteiger partial charge in [-0.1, -0.05) is 46.3 Å². The number of nitrogens with one attached hydrogen (secondary N) is 1. The number of anilines is 1. The molecule has 2 aromatic carbocycles. The number of aliphatic carboxylic acids is 2. The summed E-state index contributed by atoms with van der Waals surface area (Å²) in [5.41, 5.74) is 3.29. The van der Waals surface area contributed by atoms with Gasteiger partial charge in [0.05, 0.1) is 19.0 Å². The zero-order chi connectivity index (χ0) is 21.4. The molecule has 0 aliphatic heterocycles. The van der Waals surface area contributed by atoms with Crippen molar-refractivity contribution < 1.29 is 24.5 Å². The maximum absolute atomic E-state index is 9.10. The van der Waals surface area contributed by atoms with Crippen molar-refractivity contribution in [3.63, 3.8) is 0 Å². The number of imidazole rings is 1. The van der Waals surface area contributed by atoms with E-state index in [1.165, 1.54) is 0 Å². The quantitative estimate of drug-likeness (QED) is 0.497. The average Bonchev–Trinajstić information content (AvgIpc) is 3.07. The predicted molar refractivity (Wildman–Crippen MR) is 112 cm³/mol. The van der Waals surface area contributed by atoms with Crippen molar-refractivity contribution in [2.75, 3.05) is 12.4 Å². The number of halogens is 1. The minimum atomic E-state index is -1.82. The van der Waals surface area contributed by atoms with Gasteiger partial charge < -0.3 is 24.8 Å². The Morgan fingerprint density at radius 3 is 2.45 bits per heavy atom. The van der Waals surface area contributed by atoms with Crippen molar-refractivity contribution in [3.05, 3.63) is 64.8 Å². The summed E-state index contributed by atoms with van der Waals surface area (Å²) in [7, 11) is 3.69. The van der Waals surface area contributed by atoms with Gasteiger partial charge in [-0.3, -0.25) is 0 Å². The molecular weight excluding hydrogens is 442 g/mol. The molecule has 0 saturated carbocycles. The molecule has 0 amide bonds. The SMILES string of the molecule is COc1ccccc1CNc1ncc(-c2cccc(Br)c2)n1C.O=C(O)C(=O)O. The molecule has 0 saturated heterocycles. The van der Waals surface area contributed by atoms with Gasteiger partial charge in [-0.25, -0.2) is 14.6 Å². The highest BCUT2D eigenvalue weighted by atomic mass is 79.9. The van der Waals surface area contributed by atoms with Crippen molar-refractivity contribution in [1.29, 1.82) is 0 Å². The van der Waals surface area contributed by atoms with E-state index in [0.717, 1.165) is 33.0 Å². The highest BCUT2D eigenvalue weighted by Crippen LogP contribution is 2.25. The van der Waals surface area contributed by atoms with E-state index in [2.05, 4.69) is 42.9 Å². The Hall–Kier alpha value is -3.33. The van der Waals surface area contributed by atoms with Gasteiger partial charge in [-0.2, -0.15) is 0 Å². The molecule has 152 valence electrons. The third kappa shape index (κ3) is 6.08. The summed E-state index contributed by atoms with van der Waals surface area (Å²) in [5, 5.41) is 18.2. The first-order valence-corrected chi connectivity index (χ1v) is 9.22. The zero-order valence-corrected chi connectivity index (χ0v) is 17.4. The van der Waals surface area contributed by atoms with Crippen LogP contribution in [0.25, 0.3) is 11.3 Å². The number of aromatic nitrogens is 2. The number of hydrogen-bond donors (Lipinski definition) is 3. The van der Waals surface area contributed by atoms with Gasteiger partial charge in [-0.15, -0.1) is 0 Å².